The van der Waals surface area contributed by atoms with Gasteiger partial charge in [-0.1, -0.05) is 15.9 Å². The molecule has 2 aromatic rings. The molecule has 0 saturated carbocycles. The summed E-state index contributed by atoms with van der Waals surface area (Å²) in [6.45, 7) is 3.31. The normalized spacial score (nSPS) is 11.3. The van der Waals surface area contributed by atoms with E-state index in [1.807, 2.05) is 0 Å². The van der Waals surface area contributed by atoms with E-state index in [2.05, 4.69) is 15.9 Å². The molecule has 0 atom stereocenters. The average molecular weight is 404 g/mol. The largest absolute Gasteiger partial charge is 0.378 e. The van der Waals surface area contributed by atoms with Crippen LogP contribution in [0.5, 0.6) is 5.75 Å². The molecule has 0 saturated heterocycles. The molecule has 0 heterocycles. The molecule has 0 spiro atoms. The third-order valence-corrected chi connectivity index (χ3v) is 4.97. The molecule has 116 valence electrons. The molecule has 0 fully saturated rings. The maximum absolute atomic E-state index is 12.3. The van der Waals surface area contributed by atoms with Crippen molar-refractivity contribution in [2.75, 3.05) is 0 Å². The van der Waals surface area contributed by atoms with Gasteiger partial charge in [-0.05, 0) is 73.0 Å². The van der Waals surface area contributed by atoms with Crippen molar-refractivity contribution in [1.82, 2.24) is 0 Å². The maximum atomic E-state index is 12.3. The molecule has 0 unspecified atom stereocenters. The number of carbonyl (C=O) groups excluding carboxylic acids is 1. The first-order valence-corrected chi connectivity index (χ1v) is 8.80. The Morgan fingerprint density at radius 1 is 1.09 bits per heavy atom. The van der Waals surface area contributed by atoms with Crippen LogP contribution in [0.4, 0.5) is 0 Å². The van der Waals surface area contributed by atoms with Gasteiger partial charge < -0.3 is 4.18 Å². The lowest BCUT2D eigenvalue weighted by atomic mass is 10.1. The summed E-state index contributed by atoms with van der Waals surface area (Å²) in [6, 6.07) is 9.11. The molecule has 22 heavy (non-hydrogen) atoms. The van der Waals surface area contributed by atoms with E-state index in [-0.39, 0.29) is 10.6 Å². The third kappa shape index (κ3) is 3.69. The summed E-state index contributed by atoms with van der Waals surface area (Å²) < 4.78 is 30.6. The Morgan fingerprint density at radius 2 is 1.59 bits per heavy atom. The molecule has 2 rings (SSSR count). The molecule has 0 bridgehead atoms. The lowest BCUT2D eigenvalue weighted by Gasteiger charge is -2.13. The van der Waals surface area contributed by atoms with Gasteiger partial charge in [0.05, 0.1) is 0 Å². The fourth-order valence-corrected chi connectivity index (χ4v) is 3.38. The highest BCUT2D eigenvalue weighted by Gasteiger charge is 2.20. The summed E-state index contributed by atoms with van der Waals surface area (Å²) in [5.74, 6) is 0.199. The van der Waals surface area contributed by atoms with Gasteiger partial charge in [0.25, 0.3) is 5.24 Å². The van der Waals surface area contributed by atoms with Crippen LogP contribution in [0.1, 0.15) is 21.5 Å². The number of carbonyl (C=O) groups is 1. The van der Waals surface area contributed by atoms with Gasteiger partial charge in [-0.2, -0.15) is 8.42 Å². The maximum Gasteiger partial charge on any atom is 0.339 e. The van der Waals surface area contributed by atoms with Crippen molar-refractivity contribution < 1.29 is 17.4 Å². The lowest BCUT2D eigenvalue weighted by Crippen LogP contribution is -2.11. The summed E-state index contributed by atoms with van der Waals surface area (Å²) >= 11 is 8.68. The molecule has 4 nitrogen and oxygen atoms in total. The van der Waals surface area contributed by atoms with Crippen molar-refractivity contribution >= 4 is 42.9 Å². The van der Waals surface area contributed by atoms with Crippen LogP contribution >= 0.6 is 27.5 Å². The number of hydrogen-bond acceptors (Lipinski definition) is 4. The van der Waals surface area contributed by atoms with Gasteiger partial charge in [-0.15, -0.1) is 0 Å². The fraction of sp³-hybridized carbons (Fsp3) is 0.133. The van der Waals surface area contributed by atoms with E-state index < -0.39 is 15.4 Å². The Balaban J connectivity index is 2.42. The van der Waals surface area contributed by atoms with Crippen LogP contribution in [0.25, 0.3) is 0 Å². The van der Waals surface area contributed by atoms with Crippen LogP contribution in [0.2, 0.25) is 0 Å². The molecule has 2 aromatic carbocycles. The van der Waals surface area contributed by atoms with Crippen LogP contribution in [0, 0.1) is 13.8 Å². The van der Waals surface area contributed by atoms with E-state index in [1.165, 1.54) is 24.3 Å². The van der Waals surface area contributed by atoms with E-state index in [4.69, 9.17) is 15.8 Å². The topological polar surface area (TPSA) is 60.4 Å². The molecule has 0 aliphatic carbocycles. The van der Waals surface area contributed by atoms with Crippen molar-refractivity contribution in [2.45, 2.75) is 18.7 Å². The van der Waals surface area contributed by atoms with Gasteiger partial charge in [0, 0.05) is 10.0 Å². The number of aryl methyl sites for hydroxylation is 2. The number of halogens is 2. The number of hydrogen-bond donors (Lipinski definition) is 0. The van der Waals surface area contributed by atoms with Gasteiger partial charge in [0.2, 0.25) is 0 Å². The van der Waals surface area contributed by atoms with Gasteiger partial charge >= 0.3 is 10.1 Å². The molecule has 0 aromatic heterocycles. The van der Waals surface area contributed by atoms with E-state index in [0.717, 1.165) is 4.47 Å². The Kier molecular flexibility index (Phi) is 4.94. The number of rotatable bonds is 4. The number of benzene rings is 2. The molecule has 0 aliphatic heterocycles. The van der Waals surface area contributed by atoms with Crippen molar-refractivity contribution in [2.24, 2.45) is 0 Å². The molecule has 0 N–H and O–H groups in total. The van der Waals surface area contributed by atoms with Crippen LogP contribution in [-0.4, -0.2) is 13.7 Å². The van der Waals surface area contributed by atoms with Crippen LogP contribution in [0.15, 0.2) is 45.8 Å². The zero-order valence-corrected chi connectivity index (χ0v) is 14.9. The Morgan fingerprint density at radius 3 is 2.05 bits per heavy atom. The highest BCUT2D eigenvalue weighted by molar-refractivity contribution is 9.10. The first-order chi connectivity index (χ1) is 10.2. The van der Waals surface area contributed by atoms with Gasteiger partial charge in [-0.25, -0.2) is 0 Å². The smallest absolute Gasteiger partial charge is 0.339 e. The first-order valence-electron chi connectivity index (χ1n) is 6.22. The molecule has 7 heteroatoms. The van der Waals surface area contributed by atoms with Gasteiger partial charge in [0.1, 0.15) is 10.6 Å². The Bertz CT molecular complexity index is 806. The summed E-state index contributed by atoms with van der Waals surface area (Å²) in [7, 11) is -3.95. The van der Waals surface area contributed by atoms with Crippen LogP contribution in [0.3, 0.4) is 0 Å². The van der Waals surface area contributed by atoms with Crippen LogP contribution < -0.4 is 4.18 Å². The van der Waals surface area contributed by atoms with Crippen molar-refractivity contribution in [3.05, 3.63) is 57.6 Å². The highest BCUT2D eigenvalue weighted by atomic mass is 79.9. The molecular weight excluding hydrogens is 392 g/mol. The van der Waals surface area contributed by atoms with Crippen molar-refractivity contribution in [3.63, 3.8) is 0 Å². The summed E-state index contributed by atoms with van der Waals surface area (Å²) in [4.78, 5) is 11.2. The van der Waals surface area contributed by atoms with E-state index in [0.29, 0.717) is 16.7 Å². The average Bonchev–Trinajstić information content (AvgIpc) is 2.43. The SMILES string of the molecule is Cc1cc(C(=O)Cl)cc(C)c1OS(=O)(=O)c1ccc(Br)cc1. The highest BCUT2D eigenvalue weighted by Crippen LogP contribution is 2.29. The minimum absolute atomic E-state index is 0.0481. The molecule has 0 amide bonds. The molecule has 0 aliphatic rings. The Labute approximate surface area is 142 Å². The Hall–Kier alpha value is -1.37. The third-order valence-electron chi connectivity index (χ3n) is 2.98. The first kappa shape index (κ1) is 17.0. The van der Waals surface area contributed by atoms with E-state index in [9.17, 15) is 13.2 Å². The van der Waals surface area contributed by atoms with Gasteiger partial charge in [0.15, 0.2) is 0 Å². The van der Waals surface area contributed by atoms with Crippen LogP contribution in [-0.2, 0) is 10.1 Å². The second-order valence-electron chi connectivity index (χ2n) is 4.70. The second-order valence-corrected chi connectivity index (χ2v) is 7.51. The minimum atomic E-state index is -3.95. The summed E-state index contributed by atoms with van der Waals surface area (Å²) in [6.07, 6.45) is 0. The van der Waals surface area contributed by atoms with Crippen molar-refractivity contribution in [1.29, 1.82) is 0 Å². The monoisotopic (exact) mass is 402 g/mol. The predicted octanol–water partition coefficient (Wildman–Crippen LogP) is 4.21. The van der Waals surface area contributed by atoms with E-state index in [1.54, 1.807) is 26.0 Å². The molecular formula is C15H12BrClO4S. The zero-order valence-electron chi connectivity index (χ0n) is 11.8. The zero-order chi connectivity index (χ0) is 16.5. The lowest BCUT2D eigenvalue weighted by molar-refractivity contribution is 0.108. The quantitative estimate of drug-likeness (QED) is 0.567. The summed E-state index contributed by atoms with van der Waals surface area (Å²) in [5.41, 5.74) is 1.33. The fourth-order valence-electron chi connectivity index (χ4n) is 1.95. The second kappa shape index (κ2) is 6.40. The van der Waals surface area contributed by atoms with E-state index >= 15 is 0 Å². The standard InChI is InChI=1S/C15H12BrClO4S/c1-9-7-11(15(17)18)8-10(2)14(9)21-22(19,20)13-5-3-12(16)4-6-13/h3-8H,1-2H3. The minimum Gasteiger partial charge on any atom is -0.378 e. The van der Waals surface area contributed by atoms with Gasteiger partial charge in [-0.3, -0.25) is 4.79 Å². The summed E-state index contributed by atoms with van der Waals surface area (Å²) in [5, 5.41) is -0.603. The predicted molar refractivity (Wildman–Crippen MR) is 88.1 cm³/mol. The van der Waals surface area contributed by atoms with Crippen molar-refractivity contribution in [3.8, 4) is 5.75 Å². The molecule has 0 radical (unpaired) electrons.